The number of aryl methyl sites for hydroxylation is 1. The third-order valence-electron chi connectivity index (χ3n) is 3.72. The van der Waals surface area contributed by atoms with Gasteiger partial charge in [-0.2, -0.15) is 0 Å². The van der Waals surface area contributed by atoms with Gasteiger partial charge in [0.1, 0.15) is 5.82 Å². The molecule has 0 amide bonds. The summed E-state index contributed by atoms with van der Waals surface area (Å²) in [7, 11) is 0. The normalized spacial score (nSPS) is 21.2. The van der Waals surface area contributed by atoms with Gasteiger partial charge in [0.2, 0.25) is 0 Å². The van der Waals surface area contributed by atoms with Crippen LogP contribution in [0.2, 0.25) is 0 Å². The molecule has 1 atom stereocenters. The largest absolute Gasteiger partial charge is 0.362 e. The molecule has 2 rings (SSSR count). The number of amidine groups is 1. The Hall–Kier alpha value is -1.03. The van der Waals surface area contributed by atoms with Gasteiger partial charge in [-0.05, 0) is 48.9 Å². The van der Waals surface area contributed by atoms with Crippen LogP contribution in [-0.2, 0) is 6.42 Å². The quantitative estimate of drug-likeness (QED) is 0.914. The van der Waals surface area contributed by atoms with Crippen molar-refractivity contribution in [1.29, 1.82) is 0 Å². The summed E-state index contributed by atoms with van der Waals surface area (Å²) in [6, 6.07) is 5.52. The van der Waals surface area contributed by atoms with E-state index in [0.717, 1.165) is 29.4 Å². The molecule has 0 bridgehead atoms. The molecule has 20 heavy (non-hydrogen) atoms. The van der Waals surface area contributed by atoms with Crippen LogP contribution in [0.1, 0.15) is 31.4 Å². The zero-order valence-corrected chi connectivity index (χ0v) is 13.3. The molecule has 1 unspecified atom stereocenters. The molecule has 0 spiro atoms. The van der Waals surface area contributed by atoms with Crippen LogP contribution < -0.4 is 5.32 Å². The molecule has 2 nitrogen and oxygen atoms in total. The predicted octanol–water partition coefficient (Wildman–Crippen LogP) is 3.78. The van der Waals surface area contributed by atoms with Crippen LogP contribution >= 0.6 is 11.8 Å². The van der Waals surface area contributed by atoms with Crippen LogP contribution in [-0.4, -0.2) is 23.5 Å². The molecule has 1 heterocycles. The second-order valence-electron chi connectivity index (χ2n) is 5.64. The monoisotopic (exact) mass is 294 g/mol. The lowest BCUT2D eigenvalue weighted by atomic mass is 10.0. The zero-order chi connectivity index (χ0) is 14.5. The Morgan fingerprint density at radius 3 is 2.95 bits per heavy atom. The van der Waals surface area contributed by atoms with Crippen molar-refractivity contribution in [2.45, 2.75) is 39.7 Å². The lowest BCUT2D eigenvalue weighted by Crippen LogP contribution is -2.41. The minimum Gasteiger partial charge on any atom is -0.362 e. The summed E-state index contributed by atoms with van der Waals surface area (Å²) >= 11 is 1.81. The number of halogens is 1. The molecule has 0 saturated carbocycles. The highest BCUT2D eigenvalue weighted by Gasteiger charge is 2.19. The Morgan fingerprint density at radius 2 is 2.25 bits per heavy atom. The molecular weight excluding hydrogens is 271 g/mol. The van der Waals surface area contributed by atoms with Gasteiger partial charge < -0.3 is 5.32 Å². The van der Waals surface area contributed by atoms with Gasteiger partial charge >= 0.3 is 0 Å². The van der Waals surface area contributed by atoms with E-state index in [2.05, 4.69) is 24.2 Å². The van der Waals surface area contributed by atoms with Crippen molar-refractivity contribution in [2.24, 2.45) is 10.9 Å². The van der Waals surface area contributed by atoms with Gasteiger partial charge in [-0.15, -0.1) is 0 Å². The van der Waals surface area contributed by atoms with E-state index in [1.54, 1.807) is 17.8 Å². The number of aliphatic imine (C=N–C) groups is 1. The Balaban J connectivity index is 1.89. The van der Waals surface area contributed by atoms with Crippen molar-refractivity contribution < 1.29 is 4.39 Å². The van der Waals surface area contributed by atoms with Crippen molar-refractivity contribution in [3.05, 3.63) is 35.1 Å². The topological polar surface area (TPSA) is 24.4 Å². The first-order valence-electron chi connectivity index (χ1n) is 7.25. The number of nitrogens with zero attached hydrogens (tertiary/aromatic N) is 1. The van der Waals surface area contributed by atoms with E-state index in [4.69, 9.17) is 0 Å². The van der Waals surface area contributed by atoms with Crippen molar-refractivity contribution >= 4 is 16.9 Å². The fourth-order valence-corrected chi connectivity index (χ4v) is 3.35. The maximum absolute atomic E-state index is 13.0. The second kappa shape index (κ2) is 7.11. The molecule has 1 aromatic rings. The molecule has 1 aromatic carbocycles. The molecular formula is C16H23FN2S. The SMILES string of the molecule is Cc1cc(F)ccc1CCN=C1NC(C(C)C)CCS1. The summed E-state index contributed by atoms with van der Waals surface area (Å²) in [5, 5.41) is 4.58. The highest BCUT2D eigenvalue weighted by atomic mass is 32.2. The number of benzene rings is 1. The van der Waals surface area contributed by atoms with Gasteiger partial charge in [0.25, 0.3) is 0 Å². The molecule has 1 saturated heterocycles. The molecule has 0 aromatic heterocycles. The Kier molecular flexibility index (Phi) is 5.46. The van der Waals surface area contributed by atoms with Crippen molar-refractivity contribution in [3.63, 3.8) is 0 Å². The molecule has 1 aliphatic rings. The van der Waals surface area contributed by atoms with Crippen LogP contribution in [0, 0.1) is 18.7 Å². The number of hydrogen-bond acceptors (Lipinski definition) is 2. The summed E-state index contributed by atoms with van der Waals surface area (Å²) in [4.78, 5) is 4.65. The van der Waals surface area contributed by atoms with Crippen LogP contribution in [0.5, 0.6) is 0 Å². The van der Waals surface area contributed by atoms with Crippen molar-refractivity contribution in [3.8, 4) is 0 Å². The van der Waals surface area contributed by atoms with Gasteiger partial charge in [0.05, 0.1) is 0 Å². The van der Waals surface area contributed by atoms with E-state index in [0.29, 0.717) is 12.0 Å². The molecule has 110 valence electrons. The minimum absolute atomic E-state index is 0.165. The van der Waals surface area contributed by atoms with Gasteiger partial charge in [0.15, 0.2) is 5.17 Å². The second-order valence-corrected chi connectivity index (χ2v) is 6.72. The lowest BCUT2D eigenvalue weighted by molar-refractivity contribution is 0.442. The zero-order valence-electron chi connectivity index (χ0n) is 12.4. The molecule has 1 aliphatic heterocycles. The van der Waals surface area contributed by atoms with Gasteiger partial charge in [-0.3, -0.25) is 4.99 Å². The predicted molar refractivity (Wildman–Crippen MR) is 86.0 cm³/mol. The molecule has 1 N–H and O–H groups in total. The molecule has 1 fully saturated rings. The standard InChI is InChI=1S/C16H23FN2S/c1-11(2)15-7-9-20-16(19-15)18-8-6-13-4-5-14(17)10-12(13)3/h4-5,10-11,15H,6-9H2,1-3H3,(H,18,19). The van der Waals surface area contributed by atoms with E-state index < -0.39 is 0 Å². The van der Waals surface area contributed by atoms with E-state index in [1.807, 2.05) is 13.0 Å². The maximum Gasteiger partial charge on any atom is 0.156 e. The Labute approximate surface area is 125 Å². The Bertz CT molecular complexity index is 485. The van der Waals surface area contributed by atoms with Crippen LogP contribution in [0.25, 0.3) is 0 Å². The van der Waals surface area contributed by atoms with Crippen LogP contribution in [0.4, 0.5) is 4.39 Å². The summed E-state index contributed by atoms with van der Waals surface area (Å²) in [6.45, 7) is 7.20. The van der Waals surface area contributed by atoms with E-state index in [9.17, 15) is 4.39 Å². The average Bonchev–Trinajstić information content (AvgIpc) is 2.41. The first-order chi connectivity index (χ1) is 9.56. The molecule has 4 heteroatoms. The number of rotatable bonds is 4. The summed E-state index contributed by atoms with van der Waals surface area (Å²) in [5.41, 5.74) is 2.19. The van der Waals surface area contributed by atoms with Crippen LogP contribution in [0.3, 0.4) is 0 Å². The Morgan fingerprint density at radius 1 is 1.45 bits per heavy atom. The van der Waals surface area contributed by atoms with Crippen molar-refractivity contribution in [2.75, 3.05) is 12.3 Å². The van der Waals surface area contributed by atoms with Gasteiger partial charge in [-0.25, -0.2) is 4.39 Å². The lowest BCUT2D eigenvalue weighted by Gasteiger charge is -2.28. The van der Waals surface area contributed by atoms with E-state index in [1.165, 1.54) is 18.1 Å². The fraction of sp³-hybridized carbons (Fsp3) is 0.562. The van der Waals surface area contributed by atoms with E-state index >= 15 is 0 Å². The number of hydrogen-bond donors (Lipinski definition) is 1. The van der Waals surface area contributed by atoms with E-state index in [-0.39, 0.29) is 5.82 Å². The highest BCUT2D eigenvalue weighted by molar-refractivity contribution is 8.13. The smallest absolute Gasteiger partial charge is 0.156 e. The van der Waals surface area contributed by atoms with Gasteiger partial charge in [0, 0.05) is 18.3 Å². The number of nitrogens with one attached hydrogen (secondary N) is 1. The highest BCUT2D eigenvalue weighted by Crippen LogP contribution is 2.19. The first-order valence-corrected chi connectivity index (χ1v) is 8.23. The third kappa shape index (κ3) is 4.23. The average molecular weight is 294 g/mol. The van der Waals surface area contributed by atoms with Crippen molar-refractivity contribution in [1.82, 2.24) is 5.32 Å². The van der Waals surface area contributed by atoms with Crippen LogP contribution in [0.15, 0.2) is 23.2 Å². The first kappa shape index (κ1) is 15.4. The minimum atomic E-state index is -0.165. The summed E-state index contributed by atoms with van der Waals surface area (Å²) in [6.07, 6.45) is 2.07. The number of thioether (sulfide) groups is 1. The third-order valence-corrected chi connectivity index (χ3v) is 4.68. The molecule has 0 aliphatic carbocycles. The fourth-order valence-electron chi connectivity index (χ4n) is 2.36. The van der Waals surface area contributed by atoms with Gasteiger partial charge in [-0.1, -0.05) is 31.7 Å². The molecule has 0 radical (unpaired) electrons. The maximum atomic E-state index is 13.0. The summed E-state index contributed by atoms with van der Waals surface area (Å²) < 4.78 is 13.0. The summed E-state index contributed by atoms with van der Waals surface area (Å²) in [5.74, 6) is 1.62.